The zero-order valence-corrected chi connectivity index (χ0v) is 17.7. The van der Waals surface area contributed by atoms with E-state index in [4.69, 9.17) is 11.6 Å². The molecule has 168 valence electrons. The second kappa shape index (κ2) is 8.94. The van der Waals surface area contributed by atoms with Crippen molar-refractivity contribution in [1.29, 1.82) is 0 Å². The van der Waals surface area contributed by atoms with Crippen LogP contribution in [0.2, 0.25) is 5.02 Å². The Morgan fingerprint density at radius 2 is 1.81 bits per heavy atom. The lowest BCUT2D eigenvalue weighted by molar-refractivity contribution is -0.141. The Labute approximate surface area is 187 Å². The van der Waals surface area contributed by atoms with E-state index in [0.717, 1.165) is 42.5 Å². The predicted octanol–water partition coefficient (Wildman–Crippen LogP) is 6.27. The molecule has 0 bridgehead atoms. The molecule has 0 aliphatic heterocycles. The molecule has 3 aromatic rings. The van der Waals surface area contributed by atoms with Crippen molar-refractivity contribution >= 4 is 17.5 Å². The third-order valence-corrected chi connectivity index (χ3v) is 5.79. The summed E-state index contributed by atoms with van der Waals surface area (Å²) in [7, 11) is 0. The second-order valence-electron chi connectivity index (χ2n) is 7.79. The maximum atomic E-state index is 13.7. The topological polar surface area (TPSA) is 38.1 Å². The molecule has 0 unspecified atom stereocenters. The molecular formula is C23H20ClF4N3O. The maximum Gasteiger partial charge on any atom is 0.435 e. The van der Waals surface area contributed by atoms with Crippen molar-refractivity contribution in [2.24, 2.45) is 0 Å². The first-order valence-electron chi connectivity index (χ1n) is 10.2. The van der Waals surface area contributed by atoms with Gasteiger partial charge in [-0.05, 0) is 55.3 Å². The van der Waals surface area contributed by atoms with E-state index < -0.39 is 23.6 Å². The molecule has 1 aromatic heterocycles. The summed E-state index contributed by atoms with van der Waals surface area (Å²) in [5, 5.41) is 4.10. The first kappa shape index (κ1) is 22.3. The summed E-state index contributed by atoms with van der Waals surface area (Å²) in [4.78, 5) is 14.8. The Hall–Kier alpha value is -2.87. The quantitative estimate of drug-likeness (QED) is 0.416. The highest BCUT2D eigenvalue weighted by Gasteiger charge is 2.36. The van der Waals surface area contributed by atoms with E-state index in [1.165, 1.54) is 29.2 Å². The number of carbonyl (C=O) groups excluding carboxylic acids is 1. The van der Waals surface area contributed by atoms with Crippen molar-refractivity contribution in [1.82, 2.24) is 14.7 Å². The summed E-state index contributed by atoms with van der Waals surface area (Å²) in [5.41, 5.74) is -0.359. The first-order chi connectivity index (χ1) is 15.2. The number of alkyl halides is 3. The molecule has 4 rings (SSSR count). The molecule has 1 fully saturated rings. The molecule has 1 amide bonds. The van der Waals surface area contributed by atoms with Crippen molar-refractivity contribution < 1.29 is 22.4 Å². The van der Waals surface area contributed by atoms with Gasteiger partial charge in [0.25, 0.3) is 5.91 Å². The highest BCUT2D eigenvalue weighted by molar-refractivity contribution is 6.30. The van der Waals surface area contributed by atoms with E-state index in [0.29, 0.717) is 10.7 Å². The summed E-state index contributed by atoms with van der Waals surface area (Å²) in [6.45, 7) is -0.102. The molecule has 0 N–H and O–H groups in total. The van der Waals surface area contributed by atoms with Gasteiger partial charge in [-0.15, -0.1) is 0 Å². The van der Waals surface area contributed by atoms with Crippen molar-refractivity contribution in [3.05, 3.63) is 82.4 Å². The normalized spacial score (nSPS) is 14.7. The third-order valence-electron chi connectivity index (χ3n) is 5.56. The van der Waals surface area contributed by atoms with Crippen LogP contribution >= 0.6 is 11.6 Å². The number of halogens is 5. The lowest BCUT2D eigenvalue weighted by Gasteiger charge is -2.29. The van der Waals surface area contributed by atoms with Crippen molar-refractivity contribution in [2.75, 3.05) is 0 Å². The third kappa shape index (κ3) is 4.80. The number of rotatable bonds is 5. The van der Waals surface area contributed by atoms with Gasteiger partial charge in [0.2, 0.25) is 0 Å². The van der Waals surface area contributed by atoms with Crippen LogP contribution in [0.5, 0.6) is 0 Å². The molecule has 1 heterocycles. The van der Waals surface area contributed by atoms with E-state index >= 15 is 0 Å². The van der Waals surface area contributed by atoms with Gasteiger partial charge in [-0.2, -0.15) is 18.3 Å². The molecule has 2 aromatic carbocycles. The van der Waals surface area contributed by atoms with Crippen LogP contribution in [0.3, 0.4) is 0 Å². The SMILES string of the molecule is O=C(c1cccc(F)c1)N(Cc1cc(C(F)(F)F)nn1-c1cccc(Cl)c1)C1CCCC1. The van der Waals surface area contributed by atoms with Gasteiger partial charge < -0.3 is 4.90 Å². The Balaban J connectivity index is 1.76. The zero-order valence-electron chi connectivity index (χ0n) is 16.9. The van der Waals surface area contributed by atoms with Gasteiger partial charge in [-0.1, -0.05) is 36.6 Å². The van der Waals surface area contributed by atoms with Gasteiger partial charge in [0.15, 0.2) is 5.69 Å². The zero-order chi connectivity index (χ0) is 22.9. The smallest absolute Gasteiger partial charge is 0.330 e. The van der Waals surface area contributed by atoms with Crippen molar-refractivity contribution in [3.8, 4) is 5.69 Å². The highest BCUT2D eigenvalue weighted by Crippen LogP contribution is 2.32. The lowest BCUT2D eigenvalue weighted by atomic mass is 10.1. The van der Waals surface area contributed by atoms with Crippen LogP contribution in [0.4, 0.5) is 17.6 Å². The number of benzene rings is 2. The number of hydrogen-bond donors (Lipinski definition) is 0. The monoisotopic (exact) mass is 465 g/mol. The molecule has 0 atom stereocenters. The molecular weight excluding hydrogens is 446 g/mol. The molecule has 0 saturated heterocycles. The minimum atomic E-state index is -4.65. The summed E-state index contributed by atoms with van der Waals surface area (Å²) >= 11 is 6.04. The van der Waals surface area contributed by atoms with E-state index in [-0.39, 0.29) is 23.8 Å². The Bertz CT molecular complexity index is 1120. The minimum absolute atomic E-state index is 0.102. The molecule has 1 aliphatic rings. The predicted molar refractivity (Wildman–Crippen MR) is 112 cm³/mol. The first-order valence-corrected chi connectivity index (χ1v) is 10.6. The number of amides is 1. The summed E-state index contributed by atoms with van der Waals surface area (Å²) in [6.07, 6.45) is -1.35. The molecule has 9 heteroatoms. The van der Waals surface area contributed by atoms with E-state index in [2.05, 4.69) is 5.10 Å². The minimum Gasteiger partial charge on any atom is -0.330 e. The molecule has 0 spiro atoms. The Kier molecular flexibility index (Phi) is 6.24. The standard InChI is InChI=1S/C23H20ClF4N3O/c24-16-6-4-10-19(12-16)31-20(13-21(29-31)23(26,27)28)14-30(18-8-1-2-9-18)22(32)15-5-3-7-17(25)11-15/h3-7,10-13,18H,1-2,8-9,14H2. The number of aromatic nitrogens is 2. The van der Waals surface area contributed by atoms with E-state index in [1.54, 1.807) is 18.2 Å². The summed E-state index contributed by atoms with van der Waals surface area (Å²) < 4.78 is 55.3. The largest absolute Gasteiger partial charge is 0.435 e. The van der Waals surface area contributed by atoms with Crippen LogP contribution < -0.4 is 0 Å². The van der Waals surface area contributed by atoms with Crippen LogP contribution in [-0.2, 0) is 12.7 Å². The van der Waals surface area contributed by atoms with Crippen LogP contribution in [0, 0.1) is 5.82 Å². The molecule has 1 aliphatic carbocycles. The van der Waals surface area contributed by atoms with Crippen molar-refractivity contribution in [3.63, 3.8) is 0 Å². The van der Waals surface area contributed by atoms with Crippen LogP contribution in [-0.4, -0.2) is 26.6 Å². The fourth-order valence-corrected chi connectivity index (χ4v) is 4.23. The van der Waals surface area contributed by atoms with Gasteiger partial charge in [0.1, 0.15) is 5.82 Å². The molecule has 32 heavy (non-hydrogen) atoms. The van der Waals surface area contributed by atoms with Gasteiger partial charge in [0.05, 0.1) is 17.9 Å². The average molecular weight is 466 g/mol. The number of carbonyl (C=O) groups is 1. The van der Waals surface area contributed by atoms with Crippen LogP contribution in [0.1, 0.15) is 47.4 Å². The van der Waals surface area contributed by atoms with Gasteiger partial charge in [-0.3, -0.25) is 4.79 Å². The van der Waals surface area contributed by atoms with Crippen LogP contribution in [0.25, 0.3) is 5.69 Å². The van der Waals surface area contributed by atoms with E-state index in [1.807, 2.05) is 0 Å². The highest BCUT2D eigenvalue weighted by atomic mass is 35.5. The maximum absolute atomic E-state index is 13.7. The molecule has 0 radical (unpaired) electrons. The summed E-state index contributed by atoms with van der Waals surface area (Å²) in [6, 6.07) is 12.4. The fourth-order valence-electron chi connectivity index (χ4n) is 4.05. The number of hydrogen-bond acceptors (Lipinski definition) is 2. The van der Waals surface area contributed by atoms with Crippen LogP contribution in [0.15, 0.2) is 54.6 Å². The molecule has 4 nitrogen and oxygen atoms in total. The van der Waals surface area contributed by atoms with E-state index in [9.17, 15) is 22.4 Å². The van der Waals surface area contributed by atoms with Crippen molar-refractivity contribution in [2.45, 2.75) is 44.4 Å². The summed E-state index contributed by atoms with van der Waals surface area (Å²) in [5.74, 6) is -0.977. The Morgan fingerprint density at radius 1 is 1.09 bits per heavy atom. The Morgan fingerprint density at radius 3 is 2.47 bits per heavy atom. The molecule has 1 saturated carbocycles. The number of nitrogens with zero attached hydrogens (tertiary/aromatic N) is 3. The average Bonchev–Trinajstić information content (AvgIpc) is 3.41. The van der Waals surface area contributed by atoms with Gasteiger partial charge >= 0.3 is 6.18 Å². The lowest BCUT2D eigenvalue weighted by Crippen LogP contribution is -2.38. The fraction of sp³-hybridized carbons (Fsp3) is 0.304. The van der Waals surface area contributed by atoms with Gasteiger partial charge in [0, 0.05) is 16.6 Å². The second-order valence-corrected chi connectivity index (χ2v) is 8.23. The van der Waals surface area contributed by atoms with Gasteiger partial charge in [-0.25, -0.2) is 9.07 Å².